The van der Waals surface area contributed by atoms with Crippen molar-refractivity contribution in [3.63, 3.8) is 0 Å². The van der Waals surface area contributed by atoms with E-state index in [0.717, 1.165) is 0 Å². The molecule has 15 atom stereocenters. The summed E-state index contributed by atoms with van der Waals surface area (Å²) < 4.78 is 70.7. The molecule has 0 aromatic heterocycles. The van der Waals surface area contributed by atoms with Crippen LogP contribution < -0.4 is 16.0 Å². The molecule has 1 fully saturated rings. The van der Waals surface area contributed by atoms with E-state index < -0.39 is 117 Å². The molecule has 504 valence electrons. The highest BCUT2D eigenvalue weighted by Gasteiger charge is 2.44. The highest BCUT2D eigenvalue weighted by Crippen LogP contribution is 2.22. The van der Waals surface area contributed by atoms with E-state index in [-0.39, 0.29) is 195 Å². The van der Waals surface area contributed by atoms with Crippen molar-refractivity contribution >= 4 is 17.7 Å². The van der Waals surface area contributed by atoms with Crippen LogP contribution in [0.5, 0.6) is 0 Å². The van der Waals surface area contributed by atoms with E-state index in [9.17, 15) is 75.7 Å². The summed E-state index contributed by atoms with van der Waals surface area (Å²) in [4.78, 5) is 37.5. The number of carbonyl (C=O) groups is 3. The monoisotopic (exact) mass is 1250 g/mol. The number of aliphatic hydroxyl groups excluding tert-OH is 14. The summed E-state index contributed by atoms with van der Waals surface area (Å²) in [6.45, 7) is 5.73. The Morgan fingerprint density at radius 1 is 0.424 bits per heavy atom. The highest BCUT2D eigenvalue weighted by atomic mass is 16.7. The third-order valence-electron chi connectivity index (χ3n) is 12.7. The second-order valence-electron chi connectivity index (χ2n) is 20.3. The third-order valence-corrected chi connectivity index (χ3v) is 12.7. The molecule has 33 nitrogen and oxygen atoms in total. The molecule has 1 aliphatic rings. The van der Waals surface area contributed by atoms with Crippen LogP contribution in [0, 0.1) is 17.3 Å². The molecule has 0 aliphatic carbocycles. The maximum Gasteiger partial charge on any atom is 0.222 e. The van der Waals surface area contributed by atoms with Gasteiger partial charge in [-0.05, 0) is 0 Å². The van der Waals surface area contributed by atoms with E-state index in [1.165, 1.54) is 13.8 Å². The molecule has 0 spiro atoms. The summed E-state index contributed by atoms with van der Waals surface area (Å²) in [5, 5.41) is 145. The van der Waals surface area contributed by atoms with Crippen LogP contribution in [0.15, 0.2) is 0 Å². The minimum absolute atomic E-state index is 0.0147. The topological polar surface area (TPSA) is 491 Å². The highest BCUT2D eigenvalue weighted by molar-refractivity contribution is 5.76. The number of hydrogen-bond donors (Lipinski definition) is 17. The van der Waals surface area contributed by atoms with E-state index in [4.69, 9.17) is 71.8 Å². The average Bonchev–Trinajstić information content (AvgIpc) is 3.42. The van der Waals surface area contributed by atoms with Gasteiger partial charge in [-0.3, -0.25) is 14.4 Å². The van der Waals surface area contributed by atoms with Crippen LogP contribution in [-0.2, 0) is 76.0 Å². The molecule has 0 aromatic rings. The summed E-state index contributed by atoms with van der Waals surface area (Å²) in [6, 6.07) is 0. The standard InChI is InChI=1S/C52H101N3O30/c1-34(28-56)40(62)43(65)46(68)49(71)82-25-22-76-19-16-73-13-7-53-37(59)4-10-79-31-52(3,32-80-11-5-38(60)54-8-14-74-17-20-77-23-26-83-50(72)47(69)44(66)41(63)35(2)29-57)33-81-12-6-39(61)55-9-15-75-18-21-78-24-27-84-51-48(70)45(67)42(64)36(30-58)85-51/h34-36,40-51,56-58,62-72H,4-33H2,1-3H3,(H,53,59)(H,54,60)(H,55,61)/t34?,35?,36?,40-,41-,42-,43?,44?,45?,46?,47?,48?,49-,50-,51+,52?/m1/s1. The second-order valence-corrected chi connectivity index (χ2v) is 20.3. The predicted molar refractivity (Wildman–Crippen MR) is 291 cm³/mol. The van der Waals surface area contributed by atoms with E-state index >= 15 is 0 Å². The lowest BCUT2D eigenvalue weighted by atomic mass is 9.94. The molecule has 0 bridgehead atoms. The Morgan fingerprint density at radius 2 is 0.753 bits per heavy atom. The maximum atomic E-state index is 12.5. The molecule has 1 heterocycles. The van der Waals surface area contributed by atoms with Gasteiger partial charge in [0.2, 0.25) is 17.7 Å². The smallest absolute Gasteiger partial charge is 0.222 e. The number of carbonyl (C=O) groups excluding carboxylic acids is 3. The summed E-state index contributed by atoms with van der Waals surface area (Å²) in [7, 11) is 0. The molecule has 33 heteroatoms. The summed E-state index contributed by atoms with van der Waals surface area (Å²) in [6.07, 6.45) is -20.5. The van der Waals surface area contributed by atoms with E-state index in [1.54, 1.807) is 0 Å². The molecule has 3 amide bonds. The van der Waals surface area contributed by atoms with Crippen molar-refractivity contribution in [2.75, 3.05) is 178 Å². The summed E-state index contributed by atoms with van der Waals surface area (Å²) in [5.41, 5.74) is -0.769. The van der Waals surface area contributed by atoms with E-state index in [1.807, 2.05) is 6.92 Å². The van der Waals surface area contributed by atoms with Crippen LogP contribution in [0.4, 0.5) is 0 Å². The lowest BCUT2D eigenvalue weighted by molar-refractivity contribution is -0.302. The van der Waals surface area contributed by atoms with Crippen molar-refractivity contribution in [1.82, 2.24) is 16.0 Å². The Kier molecular flexibility index (Phi) is 46.5. The first-order chi connectivity index (χ1) is 40.6. The number of aliphatic hydroxyl groups is 14. The van der Waals surface area contributed by atoms with Gasteiger partial charge in [-0.2, -0.15) is 0 Å². The van der Waals surface area contributed by atoms with Gasteiger partial charge in [-0.15, -0.1) is 0 Å². The van der Waals surface area contributed by atoms with Gasteiger partial charge in [0.05, 0.1) is 158 Å². The van der Waals surface area contributed by atoms with Gasteiger partial charge < -0.3 is 149 Å². The zero-order valence-electron chi connectivity index (χ0n) is 49.2. The van der Waals surface area contributed by atoms with Gasteiger partial charge in [0, 0.05) is 69.4 Å². The summed E-state index contributed by atoms with van der Waals surface area (Å²) in [5.74, 6) is -2.37. The van der Waals surface area contributed by atoms with Crippen LogP contribution in [-0.4, -0.2) is 347 Å². The largest absolute Gasteiger partial charge is 0.396 e. The van der Waals surface area contributed by atoms with Crippen molar-refractivity contribution in [3.8, 4) is 0 Å². The Morgan fingerprint density at radius 3 is 1.09 bits per heavy atom. The zero-order chi connectivity index (χ0) is 63.4. The number of ether oxygens (including phenoxy) is 13. The first-order valence-corrected chi connectivity index (χ1v) is 28.5. The van der Waals surface area contributed by atoms with Gasteiger partial charge in [0.25, 0.3) is 0 Å². The molecule has 85 heavy (non-hydrogen) atoms. The first kappa shape index (κ1) is 80.3. The molecule has 1 rings (SSSR count). The molecular formula is C52H101N3O30. The van der Waals surface area contributed by atoms with Crippen LogP contribution in [0.3, 0.4) is 0 Å². The van der Waals surface area contributed by atoms with Crippen molar-refractivity contribution in [3.05, 3.63) is 0 Å². The van der Waals surface area contributed by atoms with Crippen molar-refractivity contribution < 1.29 is 147 Å². The fourth-order valence-corrected chi connectivity index (χ4v) is 7.31. The SMILES string of the molecule is CC(CO)[C@@H](O)C(O)C(O)[C@H](O)OCCOCCOCCNC(=O)CCOCC(C)(COCCC(=O)NCCOCCOCCO[C@H]1OC(CO)[C@@H](O)C(O)C1O)COCCC(=O)NCCOCCOCCO[C@@H](O)C(O)C(O)[C@H](O)C(C)CO. The molecular weight excluding hydrogens is 1150 g/mol. The molecule has 9 unspecified atom stereocenters. The quantitative estimate of drug-likeness (QED) is 0.0199. The average molecular weight is 1250 g/mol. The lowest BCUT2D eigenvalue weighted by Gasteiger charge is -2.39. The number of rotatable bonds is 56. The normalized spacial score (nSPS) is 21.6. The first-order valence-electron chi connectivity index (χ1n) is 28.5. The van der Waals surface area contributed by atoms with Crippen molar-refractivity contribution in [1.29, 1.82) is 0 Å². The van der Waals surface area contributed by atoms with Crippen LogP contribution >= 0.6 is 0 Å². The Balaban J connectivity index is 2.41. The fourth-order valence-electron chi connectivity index (χ4n) is 7.31. The van der Waals surface area contributed by atoms with E-state index in [0.29, 0.717) is 0 Å². The number of nitrogens with one attached hydrogen (secondary N) is 3. The molecule has 1 aliphatic heterocycles. The Hall–Kier alpha value is -2.67. The van der Waals surface area contributed by atoms with Crippen molar-refractivity contribution in [2.45, 2.75) is 120 Å². The van der Waals surface area contributed by atoms with Crippen LogP contribution in [0.1, 0.15) is 40.0 Å². The number of hydrogen-bond acceptors (Lipinski definition) is 30. The van der Waals surface area contributed by atoms with Gasteiger partial charge in [-0.25, -0.2) is 0 Å². The molecule has 1 saturated heterocycles. The fraction of sp³-hybridized carbons (Fsp3) is 0.942. The number of amides is 3. The minimum Gasteiger partial charge on any atom is -0.396 e. The van der Waals surface area contributed by atoms with Gasteiger partial charge in [-0.1, -0.05) is 20.8 Å². The Labute approximate surface area is 495 Å². The third kappa shape index (κ3) is 36.6. The van der Waals surface area contributed by atoms with Gasteiger partial charge >= 0.3 is 0 Å². The molecule has 0 saturated carbocycles. The van der Waals surface area contributed by atoms with Gasteiger partial charge in [0.1, 0.15) is 48.8 Å². The molecule has 17 N–H and O–H groups in total. The van der Waals surface area contributed by atoms with Crippen molar-refractivity contribution in [2.24, 2.45) is 17.3 Å². The minimum atomic E-state index is -1.82. The zero-order valence-corrected chi connectivity index (χ0v) is 49.2. The van der Waals surface area contributed by atoms with Gasteiger partial charge in [0.15, 0.2) is 18.9 Å². The summed E-state index contributed by atoms with van der Waals surface area (Å²) >= 11 is 0. The molecule has 0 radical (unpaired) electrons. The molecule has 0 aromatic carbocycles. The Bertz CT molecular complexity index is 1580. The van der Waals surface area contributed by atoms with Crippen LogP contribution in [0.25, 0.3) is 0 Å². The second kappa shape index (κ2) is 49.2. The maximum absolute atomic E-state index is 12.5. The predicted octanol–water partition coefficient (Wildman–Crippen LogP) is -8.43. The lowest BCUT2D eigenvalue weighted by Crippen LogP contribution is -2.59. The van der Waals surface area contributed by atoms with E-state index in [2.05, 4.69) is 16.0 Å². The van der Waals surface area contributed by atoms with Crippen LogP contribution in [0.2, 0.25) is 0 Å².